The fraction of sp³-hybridized carbons (Fsp3) is 0.391. The normalized spacial score (nSPS) is 19.4. The molecule has 2 aromatic carbocycles. The molecule has 1 amide bonds. The van der Waals surface area contributed by atoms with Crippen LogP contribution in [0.4, 0.5) is 0 Å². The Labute approximate surface area is 181 Å². The van der Waals surface area contributed by atoms with E-state index in [1.165, 1.54) is 11.1 Å². The van der Waals surface area contributed by atoms with Crippen molar-refractivity contribution < 1.29 is 14.7 Å². The number of aliphatic carboxylic acids is 1. The predicted octanol–water partition coefficient (Wildman–Crippen LogP) is 2.53. The van der Waals surface area contributed by atoms with E-state index in [2.05, 4.69) is 40.2 Å². The maximum absolute atomic E-state index is 12.4. The molecule has 7 heteroatoms. The second-order valence-electron chi connectivity index (χ2n) is 7.43. The summed E-state index contributed by atoms with van der Waals surface area (Å²) in [5.41, 5.74) is 3.08. The highest BCUT2D eigenvalue weighted by atomic mass is 32.2. The fourth-order valence-electron chi connectivity index (χ4n) is 3.71. The highest BCUT2D eigenvalue weighted by molar-refractivity contribution is 7.99. The Kier molecular flexibility index (Phi) is 8.30. The Bertz CT molecular complexity index is 829. The van der Waals surface area contributed by atoms with Gasteiger partial charge in [-0.15, -0.1) is 0 Å². The summed E-state index contributed by atoms with van der Waals surface area (Å²) in [7, 11) is 1.94. The number of hydrogen-bond donors (Lipinski definition) is 4. The van der Waals surface area contributed by atoms with Crippen LogP contribution in [0.5, 0.6) is 0 Å². The van der Waals surface area contributed by atoms with Crippen LogP contribution in [-0.2, 0) is 16.1 Å². The third-order valence-electron chi connectivity index (χ3n) is 5.25. The molecule has 6 nitrogen and oxygen atoms in total. The molecule has 1 aliphatic rings. The van der Waals surface area contributed by atoms with Crippen molar-refractivity contribution in [3.63, 3.8) is 0 Å². The van der Waals surface area contributed by atoms with Crippen LogP contribution in [0.25, 0.3) is 0 Å². The molecule has 0 saturated carbocycles. The quantitative estimate of drug-likeness (QED) is 0.344. The average molecular weight is 428 g/mol. The number of carboxylic acids is 1. The van der Waals surface area contributed by atoms with Gasteiger partial charge >= 0.3 is 5.97 Å². The van der Waals surface area contributed by atoms with Crippen LogP contribution in [0.2, 0.25) is 0 Å². The topological polar surface area (TPSA) is 90.5 Å². The molecule has 0 bridgehead atoms. The van der Waals surface area contributed by atoms with Gasteiger partial charge in [0.15, 0.2) is 5.92 Å². The van der Waals surface area contributed by atoms with E-state index >= 15 is 0 Å². The SMILES string of the molecule is CNCc1ccc([C@@H]2C[C@H](SCCNC(=O)C(C(=O)O)c3ccccc3)CN2)cc1. The number of rotatable bonds is 10. The largest absolute Gasteiger partial charge is 0.480 e. The van der Waals surface area contributed by atoms with Gasteiger partial charge in [0.1, 0.15) is 0 Å². The van der Waals surface area contributed by atoms with E-state index in [4.69, 9.17) is 0 Å². The highest BCUT2D eigenvalue weighted by Gasteiger charge is 2.28. The number of amides is 1. The molecule has 1 saturated heterocycles. The lowest BCUT2D eigenvalue weighted by molar-refractivity contribution is -0.143. The molecule has 4 N–H and O–H groups in total. The lowest BCUT2D eigenvalue weighted by atomic mass is 9.98. The van der Waals surface area contributed by atoms with Crippen LogP contribution in [0.3, 0.4) is 0 Å². The van der Waals surface area contributed by atoms with Crippen molar-refractivity contribution in [3.8, 4) is 0 Å². The highest BCUT2D eigenvalue weighted by Crippen LogP contribution is 2.30. The molecule has 0 radical (unpaired) electrons. The van der Waals surface area contributed by atoms with E-state index in [9.17, 15) is 14.7 Å². The van der Waals surface area contributed by atoms with Crippen molar-refractivity contribution in [1.82, 2.24) is 16.0 Å². The summed E-state index contributed by atoms with van der Waals surface area (Å²) >= 11 is 1.82. The maximum atomic E-state index is 12.4. The van der Waals surface area contributed by atoms with Gasteiger partial charge in [-0.2, -0.15) is 11.8 Å². The van der Waals surface area contributed by atoms with Crippen LogP contribution in [0.15, 0.2) is 54.6 Å². The smallest absolute Gasteiger partial charge is 0.320 e. The van der Waals surface area contributed by atoms with Crippen molar-refractivity contribution in [2.45, 2.75) is 30.2 Å². The molecule has 3 atom stereocenters. The molecule has 2 aromatic rings. The molecule has 0 aliphatic carbocycles. The lowest BCUT2D eigenvalue weighted by Crippen LogP contribution is -2.35. The summed E-state index contributed by atoms with van der Waals surface area (Å²) in [4.78, 5) is 23.9. The Morgan fingerprint density at radius 1 is 1.17 bits per heavy atom. The van der Waals surface area contributed by atoms with Crippen LogP contribution in [0.1, 0.15) is 35.1 Å². The van der Waals surface area contributed by atoms with E-state index < -0.39 is 17.8 Å². The minimum Gasteiger partial charge on any atom is -0.480 e. The summed E-state index contributed by atoms with van der Waals surface area (Å²) in [5.74, 6) is -2.00. The number of carboxylic acid groups (broad SMARTS) is 1. The molecular weight excluding hydrogens is 398 g/mol. The second-order valence-corrected chi connectivity index (χ2v) is 8.84. The van der Waals surface area contributed by atoms with Gasteiger partial charge in [0, 0.05) is 36.7 Å². The predicted molar refractivity (Wildman–Crippen MR) is 121 cm³/mol. The zero-order valence-electron chi connectivity index (χ0n) is 17.1. The molecule has 0 spiro atoms. The summed E-state index contributed by atoms with van der Waals surface area (Å²) < 4.78 is 0. The molecule has 160 valence electrons. The number of nitrogens with one attached hydrogen (secondary N) is 3. The number of hydrogen-bond acceptors (Lipinski definition) is 5. The van der Waals surface area contributed by atoms with Gasteiger partial charge in [0.25, 0.3) is 0 Å². The molecule has 1 heterocycles. The van der Waals surface area contributed by atoms with Crippen LogP contribution in [0, 0.1) is 0 Å². The first-order chi connectivity index (χ1) is 14.6. The number of carbonyl (C=O) groups is 2. The Balaban J connectivity index is 1.41. The van der Waals surface area contributed by atoms with Crippen molar-refractivity contribution in [3.05, 3.63) is 71.3 Å². The molecular formula is C23H29N3O3S. The molecule has 1 fully saturated rings. The maximum Gasteiger partial charge on any atom is 0.320 e. The average Bonchev–Trinajstić information content (AvgIpc) is 3.22. The van der Waals surface area contributed by atoms with E-state index in [0.29, 0.717) is 23.4 Å². The van der Waals surface area contributed by atoms with Gasteiger partial charge in [-0.25, -0.2) is 0 Å². The van der Waals surface area contributed by atoms with Gasteiger partial charge in [-0.05, 0) is 30.2 Å². The third kappa shape index (κ3) is 6.08. The Morgan fingerprint density at radius 2 is 1.90 bits per heavy atom. The summed E-state index contributed by atoms with van der Waals surface area (Å²) in [5, 5.41) is 19.4. The third-order valence-corrected chi connectivity index (χ3v) is 6.52. The number of carbonyl (C=O) groups excluding carboxylic acids is 1. The first-order valence-electron chi connectivity index (χ1n) is 10.2. The van der Waals surface area contributed by atoms with Crippen molar-refractivity contribution in [2.24, 2.45) is 0 Å². The molecule has 3 rings (SSSR count). The van der Waals surface area contributed by atoms with Crippen LogP contribution >= 0.6 is 11.8 Å². The Morgan fingerprint density at radius 3 is 2.57 bits per heavy atom. The zero-order chi connectivity index (χ0) is 21.3. The second kappa shape index (κ2) is 11.2. The zero-order valence-corrected chi connectivity index (χ0v) is 18.0. The lowest BCUT2D eigenvalue weighted by Gasteiger charge is -2.14. The standard InChI is InChI=1S/C23H29N3O3S/c1-24-14-16-7-9-17(10-8-16)20-13-19(15-26-20)30-12-11-25-22(27)21(23(28)29)18-5-3-2-4-6-18/h2-10,19-21,24,26H,11-15H2,1H3,(H,25,27)(H,28,29)/t19-,20-,21?/m0/s1. The molecule has 30 heavy (non-hydrogen) atoms. The van der Waals surface area contributed by atoms with Crippen molar-refractivity contribution in [1.29, 1.82) is 0 Å². The summed E-state index contributed by atoms with van der Waals surface area (Å²) in [6.45, 7) is 2.26. The van der Waals surface area contributed by atoms with E-state index in [1.807, 2.05) is 18.8 Å². The van der Waals surface area contributed by atoms with Gasteiger partial charge in [-0.3, -0.25) is 9.59 Å². The van der Waals surface area contributed by atoms with Gasteiger partial charge in [0.2, 0.25) is 5.91 Å². The minimum atomic E-state index is -1.17. The molecule has 1 aliphatic heterocycles. The van der Waals surface area contributed by atoms with Gasteiger partial charge in [0.05, 0.1) is 0 Å². The minimum absolute atomic E-state index is 0.357. The first-order valence-corrected chi connectivity index (χ1v) is 11.3. The summed E-state index contributed by atoms with van der Waals surface area (Å²) in [6, 6.07) is 17.7. The fourth-order valence-corrected chi connectivity index (χ4v) is 4.81. The van der Waals surface area contributed by atoms with E-state index in [-0.39, 0.29) is 0 Å². The Hall–Kier alpha value is -2.35. The van der Waals surface area contributed by atoms with Crippen LogP contribution < -0.4 is 16.0 Å². The van der Waals surface area contributed by atoms with Gasteiger partial charge in [-0.1, -0.05) is 54.6 Å². The summed E-state index contributed by atoms with van der Waals surface area (Å²) in [6.07, 6.45) is 1.05. The van der Waals surface area contributed by atoms with Crippen molar-refractivity contribution in [2.75, 3.05) is 25.9 Å². The van der Waals surface area contributed by atoms with Crippen molar-refractivity contribution >= 4 is 23.6 Å². The number of thioether (sulfide) groups is 1. The van der Waals surface area contributed by atoms with Crippen LogP contribution in [-0.4, -0.2) is 48.1 Å². The first kappa shape index (κ1) is 22.3. The molecule has 1 unspecified atom stereocenters. The van der Waals surface area contributed by atoms with Gasteiger partial charge < -0.3 is 21.1 Å². The van der Waals surface area contributed by atoms with E-state index in [1.54, 1.807) is 30.3 Å². The monoisotopic (exact) mass is 427 g/mol. The van der Waals surface area contributed by atoms with E-state index in [0.717, 1.165) is 25.3 Å². The number of benzene rings is 2. The molecule has 0 aromatic heterocycles.